The van der Waals surface area contributed by atoms with Crippen LogP contribution in [-0.2, 0) is 0 Å². The molecule has 0 aliphatic heterocycles. The Hall–Kier alpha value is -0.700. The molecule has 0 aliphatic rings. The van der Waals surface area contributed by atoms with Crippen LogP contribution in [0.15, 0.2) is 15.9 Å². The third-order valence-corrected chi connectivity index (χ3v) is 4.32. The predicted octanol–water partition coefficient (Wildman–Crippen LogP) is 3.17. The Kier molecular flexibility index (Phi) is 5.83. The summed E-state index contributed by atoms with van der Waals surface area (Å²) < 4.78 is 0.858. The minimum atomic E-state index is -0.0467. The standard InChI is InChI=1S/C12H15BrN2OS/c1-3-15(7-9(2)6-14)8-11(16)12-10(13)4-5-17-12/h4-5,9H,3,7-8H2,1-2H3. The predicted molar refractivity (Wildman–Crippen MR) is 73.2 cm³/mol. The molecule has 0 radical (unpaired) electrons. The maximum absolute atomic E-state index is 12.0. The molecule has 0 spiro atoms. The summed E-state index contributed by atoms with van der Waals surface area (Å²) in [6.07, 6.45) is 0. The smallest absolute Gasteiger partial charge is 0.187 e. The number of halogens is 1. The van der Waals surface area contributed by atoms with Gasteiger partial charge in [0.15, 0.2) is 5.78 Å². The van der Waals surface area contributed by atoms with Crippen LogP contribution in [0.1, 0.15) is 23.5 Å². The average molecular weight is 315 g/mol. The lowest BCUT2D eigenvalue weighted by Gasteiger charge is -2.20. The SMILES string of the molecule is CCN(CC(=O)c1sccc1Br)CC(C)C#N. The number of rotatable bonds is 6. The highest BCUT2D eigenvalue weighted by Gasteiger charge is 2.16. The van der Waals surface area contributed by atoms with Crippen LogP contribution in [0.5, 0.6) is 0 Å². The molecule has 92 valence electrons. The molecule has 1 rings (SSSR count). The van der Waals surface area contributed by atoms with Crippen LogP contribution in [-0.4, -0.2) is 30.3 Å². The molecule has 0 fully saturated rings. The van der Waals surface area contributed by atoms with Crippen LogP contribution < -0.4 is 0 Å². The van der Waals surface area contributed by atoms with Gasteiger partial charge in [-0.15, -0.1) is 11.3 Å². The van der Waals surface area contributed by atoms with E-state index in [-0.39, 0.29) is 11.7 Å². The number of nitrogens with zero attached hydrogens (tertiary/aromatic N) is 2. The first-order valence-corrected chi connectivity index (χ1v) is 7.13. The first-order valence-electron chi connectivity index (χ1n) is 5.46. The second-order valence-electron chi connectivity index (χ2n) is 3.88. The summed E-state index contributed by atoms with van der Waals surface area (Å²) in [5.74, 6) is 0.0633. The highest BCUT2D eigenvalue weighted by atomic mass is 79.9. The van der Waals surface area contributed by atoms with Gasteiger partial charge in [0.05, 0.1) is 23.4 Å². The summed E-state index contributed by atoms with van der Waals surface area (Å²) >= 11 is 4.81. The number of hydrogen-bond acceptors (Lipinski definition) is 4. The van der Waals surface area contributed by atoms with Crippen molar-refractivity contribution in [1.82, 2.24) is 4.90 Å². The zero-order chi connectivity index (χ0) is 12.8. The number of carbonyl (C=O) groups is 1. The maximum atomic E-state index is 12.0. The molecule has 17 heavy (non-hydrogen) atoms. The first kappa shape index (κ1) is 14.4. The van der Waals surface area contributed by atoms with Gasteiger partial charge in [-0.3, -0.25) is 9.69 Å². The summed E-state index contributed by atoms with van der Waals surface area (Å²) in [6.45, 7) is 5.67. The molecule has 3 nitrogen and oxygen atoms in total. The zero-order valence-electron chi connectivity index (χ0n) is 9.94. The van der Waals surface area contributed by atoms with Gasteiger partial charge >= 0.3 is 0 Å². The fraction of sp³-hybridized carbons (Fsp3) is 0.500. The Morgan fingerprint density at radius 1 is 1.71 bits per heavy atom. The van der Waals surface area contributed by atoms with Gasteiger partial charge in [-0.1, -0.05) is 6.92 Å². The number of ketones is 1. The molecule has 0 N–H and O–H groups in total. The largest absolute Gasteiger partial charge is 0.295 e. The normalized spacial score (nSPS) is 12.4. The quantitative estimate of drug-likeness (QED) is 0.757. The van der Waals surface area contributed by atoms with Gasteiger partial charge in [0.2, 0.25) is 0 Å². The van der Waals surface area contributed by atoms with Crippen molar-refractivity contribution < 1.29 is 4.79 Å². The number of hydrogen-bond donors (Lipinski definition) is 0. The van der Waals surface area contributed by atoms with Gasteiger partial charge in [-0.05, 0) is 40.8 Å². The highest BCUT2D eigenvalue weighted by molar-refractivity contribution is 9.10. The van der Waals surface area contributed by atoms with Crippen LogP contribution in [0, 0.1) is 17.2 Å². The van der Waals surface area contributed by atoms with E-state index in [1.54, 1.807) is 0 Å². The van der Waals surface area contributed by atoms with Gasteiger partial charge in [0.25, 0.3) is 0 Å². The van der Waals surface area contributed by atoms with Crippen LogP contribution in [0.4, 0.5) is 0 Å². The lowest BCUT2D eigenvalue weighted by atomic mass is 10.2. The second kappa shape index (κ2) is 6.90. The highest BCUT2D eigenvalue weighted by Crippen LogP contribution is 2.23. The average Bonchev–Trinajstić information content (AvgIpc) is 2.74. The molecule has 0 saturated carbocycles. The van der Waals surface area contributed by atoms with Crippen molar-refractivity contribution in [3.8, 4) is 6.07 Å². The number of thiophene rings is 1. The lowest BCUT2D eigenvalue weighted by Crippen LogP contribution is -2.33. The monoisotopic (exact) mass is 314 g/mol. The third kappa shape index (κ3) is 4.23. The molecule has 0 aromatic carbocycles. The molecular formula is C12H15BrN2OS. The minimum Gasteiger partial charge on any atom is -0.295 e. The van der Waals surface area contributed by atoms with E-state index in [1.807, 2.05) is 30.2 Å². The summed E-state index contributed by atoms with van der Waals surface area (Å²) in [5, 5.41) is 10.7. The molecule has 0 saturated heterocycles. The van der Waals surface area contributed by atoms with E-state index >= 15 is 0 Å². The lowest BCUT2D eigenvalue weighted by molar-refractivity contribution is 0.0932. The van der Waals surface area contributed by atoms with Crippen molar-refractivity contribution >= 4 is 33.0 Å². The van der Waals surface area contributed by atoms with E-state index in [0.717, 1.165) is 15.9 Å². The Morgan fingerprint density at radius 2 is 2.41 bits per heavy atom. The Morgan fingerprint density at radius 3 is 2.88 bits per heavy atom. The van der Waals surface area contributed by atoms with Crippen molar-refractivity contribution in [2.45, 2.75) is 13.8 Å². The molecule has 1 unspecified atom stereocenters. The molecular weight excluding hydrogens is 300 g/mol. The van der Waals surface area contributed by atoms with E-state index in [4.69, 9.17) is 5.26 Å². The van der Waals surface area contributed by atoms with Gasteiger partial charge in [-0.25, -0.2) is 0 Å². The van der Waals surface area contributed by atoms with Gasteiger partial charge in [-0.2, -0.15) is 5.26 Å². The summed E-state index contributed by atoms with van der Waals surface area (Å²) in [6, 6.07) is 4.07. The van der Waals surface area contributed by atoms with Crippen LogP contribution in [0.25, 0.3) is 0 Å². The van der Waals surface area contributed by atoms with Gasteiger partial charge < -0.3 is 0 Å². The molecule has 1 aromatic rings. The van der Waals surface area contributed by atoms with Crippen molar-refractivity contribution in [2.75, 3.05) is 19.6 Å². The first-order chi connectivity index (χ1) is 8.08. The van der Waals surface area contributed by atoms with Crippen LogP contribution in [0.3, 0.4) is 0 Å². The number of Topliss-reactive ketones (excluding diaryl/α,β-unsaturated/α-hetero) is 1. The van der Waals surface area contributed by atoms with Gasteiger partial charge in [0, 0.05) is 11.0 Å². The van der Waals surface area contributed by atoms with Crippen molar-refractivity contribution in [3.05, 3.63) is 20.8 Å². The van der Waals surface area contributed by atoms with Crippen molar-refractivity contribution in [1.29, 1.82) is 5.26 Å². The topological polar surface area (TPSA) is 44.1 Å². The minimum absolute atomic E-state index is 0.0467. The second-order valence-corrected chi connectivity index (χ2v) is 5.65. The van der Waals surface area contributed by atoms with E-state index in [0.29, 0.717) is 13.1 Å². The molecule has 1 atom stereocenters. The summed E-state index contributed by atoms with van der Waals surface area (Å²) in [4.78, 5) is 14.8. The molecule has 1 heterocycles. The molecule has 0 amide bonds. The van der Waals surface area contributed by atoms with E-state index in [1.165, 1.54) is 11.3 Å². The van der Waals surface area contributed by atoms with Crippen molar-refractivity contribution in [3.63, 3.8) is 0 Å². The van der Waals surface area contributed by atoms with Crippen LogP contribution >= 0.6 is 27.3 Å². The molecule has 1 aromatic heterocycles. The summed E-state index contributed by atoms with van der Waals surface area (Å²) in [5.41, 5.74) is 0. The third-order valence-electron chi connectivity index (χ3n) is 2.44. The summed E-state index contributed by atoms with van der Waals surface area (Å²) in [7, 11) is 0. The maximum Gasteiger partial charge on any atom is 0.187 e. The Bertz CT molecular complexity index is 424. The van der Waals surface area contributed by atoms with E-state index < -0.39 is 0 Å². The van der Waals surface area contributed by atoms with Crippen molar-refractivity contribution in [2.24, 2.45) is 5.92 Å². The molecule has 0 bridgehead atoms. The van der Waals surface area contributed by atoms with E-state index in [9.17, 15) is 4.79 Å². The van der Waals surface area contributed by atoms with Crippen LogP contribution in [0.2, 0.25) is 0 Å². The zero-order valence-corrected chi connectivity index (χ0v) is 12.3. The molecule has 0 aliphatic carbocycles. The number of likely N-dealkylation sites (N-methyl/N-ethyl adjacent to an activating group) is 1. The molecule has 5 heteroatoms. The fourth-order valence-corrected chi connectivity index (χ4v) is 3.03. The van der Waals surface area contributed by atoms with Gasteiger partial charge in [0.1, 0.15) is 0 Å². The number of nitriles is 1. The fourth-order valence-electron chi connectivity index (χ4n) is 1.50. The Labute approximate surface area is 114 Å². The van der Waals surface area contributed by atoms with E-state index in [2.05, 4.69) is 22.0 Å². The Balaban J connectivity index is 2.61. The number of carbonyl (C=O) groups excluding carboxylic acids is 1.